The molecule has 0 aliphatic heterocycles. The lowest BCUT2D eigenvalue weighted by Gasteiger charge is -2.23. The molecule has 1 N–H and O–H groups in total. The fraction of sp³-hybridized carbons (Fsp3) is 0.533. The highest BCUT2D eigenvalue weighted by molar-refractivity contribution is 5.42. The van der Waals surface area contributed by atoms with Crippen molar-refractivity contribution in [1.29, 1.82) is 5.26 Å². The Kier molecular flexibility index (Phi) is 4.75. The van der Waals surface area contributed by atoms with Gasteiger partial charge >= 0.3 is 0 Å². The molecule has 0 bridgehead atoms. The predicted molar refractivity (Wildman–Crippen MR) is 71.5 cm³/mol. The summed E-state index contributed by atoms with van der Waals surface area (Å²) in [6.07, 6.45) is 0.237. The average molecular weight is 247 g/mol. The molecule has 0 aliphatic rings. The number of ether oxygens (including phenoxy) is 1. The van der Waals surface area contributed by atoms with Gasteiger partial charge in [-0.1, -0.05) is 26.8 Å². The van der Waals surface area contributed by atoms with E-state index in [1.807, 2.05) is 18.2 Å². The van der Waals surface area contributed by atoms with Crippen molar-refractivity contribution >= 4 is 0 Å². The molecule has 3 heteroatoms. The quantitative estimate of drug-likeness (QED) is 0.887. The topological polar surface area (TPSA) is 53.2 Å². The molecule has 0 saturated carbocycles. The summed E-state index contributed by atoms with van der Waals surface area (Å²) in [5.41, 5.74) is 1.87. The Morgan fingerprint density at radius 3 is 2.56 bits per heavy atom. The van der Waals surface area contributed by atoms with Gasteiger partial charge in [0.05, 0.1) is 19.3 Å². The van der Waals surface area contributed by atoms with Crippen LogP contribution in [0.4, 0.5) is 0 Å². The Labute approximate surface area is 109 Å². The largest absolute Gasteiger partial charge is 0.496 e. The van der Waals surface area contributed by atoms with Gasteiger partial charge in [-0.2, -0.15) is 5.26 Å². The summed E-state index contributed by atoms with van der Waals surface area (Å²) >= 11 is 0. The summed E-state index contributed by atoms with van der Waals surface area (Å²) in [5, 5.41) is 18.6. The van der Waals surface area contributed by atoms with Gasteiger partial charge in [-0.15, -0.1) is 0 Å². The molecule has 1 rings (SSSR count). The first-order chi connectivity index (χ1) is 8.40. The Hall–Kier alpha value is -1.53. The minimum absolute atomic E-state index is 0.0453. The van der Waals surface area contributed by atoms with Crippen LogP contribution in [0.25, 0.3) is 0 Å². The fourth-order valence-corrected chi connectivity index (χ4v) is 1.89. The van der Waals surface area contributed by atoms with Crippen molar-refractivity contribution < 1.29 is 9.84 Å². The van der Waals surface area contributed by atoms with Gasteiger partial charge < -0.3 is 9.84 Å². The Morgan fingerprint density at radius 1 is 1.39 bits per heavy atom. The van der Waals surface area contributed by atoms with Gasteiger partial charge in [-0.05, 0) is 35.1 Å². The summed E-state index contributed by atoms with van der Waals surface area (Å²) < 4.78 is 5.35. The van der Waals surface area contributed by atoms with Crippen LogP contribution in [-0.2, 0) is 5.41 Å². The molecule has 0 radical (unpaired) electrons. The van der Waals surface area contributed by atoms with Gasteiger partial charge in [-0.3, -0.25) is 0 Å². The fourth-order valence-electron chi connectivity index (χ4n) is 1.89. The first kappa shape index (κ1) is 14.5. The van der Waals surface area contributed by atoms with Crippen LogP contribution >= 0.6 is 0 Å². The third kappa shape index (κ3) is 3.48. The van der Waals surface area contributed by atoms with Crippen molar-refractivity contribution in [3.8, 4) is 11.8 Å². The van der Waals surface area contributed by atoms with E-state index >= 15 is 0 Å². The van der Waals surface area contributed by atoms with E-state index < -0.39 is 6.10 Å². The van der Waals surface area contributed by atoms with Gasteiger partial charge in [-0.25, -0.2) is 0 Å². The molecule has 1 aromatic rings. The first-order valence-electron chi connectivity index (χ1n) is 6.13. The number of nitrogens with zero attached hydrogens (tertiary/aromatic N) is 1. The van der Waals surface area contributed by atoms with Crippen molar-refractivity contribution in [1.82, 2.24) is 0 Å². The zero-order valence-electron chi connectivity index (χ0n) is 11.5. The van der Waals surface area contributed by atoms with Crippen molar-refractivity contribution in [2.24, 2.45) is 0 Å². The summed E-state index contributed by atoms with van der Waals surface area (Å²) in [7, 11) is 1.65. The second-order valence-corrected chi connectivity index (χ2v) is 5.42. The lowest BCUT2D eigenvalue weighted by Crippen LogP contribution is -2.14. The zero-order chi connectivity index (χ0) is 13.8. The van der Waals surface area contributed by atoms with E-state index in [0.29, 0.717) is 12.8 Å². The van der Waals surface area contributed by atoms with Crippen molar-refractivity contribution in [3.05, 3.63) is 29.3 Å². The summed E-state index contributed by atoms with van der Waals surface area (Å²) in [4.78, 5) is 0. The molecule has 18 heavy (non-hydrogen) atoms. The number of methoxy groups -OCH3 is 1. The third-order valence-corrected chi connectivity index (χ3v) is 2.95. The molecule has 0 saturated heterocycles. The number of aliphatic hydroxyl groups excluding tert-OH is 1. The van der Waals surface area contributed by atoms with E-state index in [1.165, 1.54) is 0 Å². The second kappa shape index (κ2) is 5.88. The third-order valence-electron chi connectivity index (χ3n) is 2.95. The van der Waals surface area contributed by atoms with E-state index in [4.69, 9.17) is 10.00 Å². The van der Waals surface area contributed by atoms with Gasteiger partial charge in [0.25, 0.3) is 0 Å². The molecular weight excluding hydrogens is 226 g/mol. The molecule has 0 amide bonds. The number of hydrogen-bond acceptors (Lipinski definition) is 3. The van der Waals surface area contributed by atoms with E-state index in [9.17, 15) is 5.11 Å². The van der Waals surface area contributed by atoms with Crippen LogP contribution in [0.5, 0.6) is 5.75 Å². The molecule has 98 valence electrons. The van der Waals surface area contributed by atoms with Gasteiger partial charge in [0.1, 0.15) is 5.75 Å². The predicted octanol–water partition coefficient (Wildman–Crippen LogP) is 3.33. The highest BCUT2D eigenvalue weighted by Gasteiger charge is 2.20. The summed E-state index contributed by atoms with van der Waals surface area (Å²) in [6.45, 7) is 6.32. The van der Waals surface area contributed by atoms with E-state index in [1.54, 1.807) is 7.11 Å². The second-order valence-electron chi connectivity index (χ2n) is 5.42. The molecule has 0 heterocycles. The number of hydrogen-bond donors (Lipinski definition) is 1. The van der Waals surface area contributed by atoms with Crippen LogP contribution in [0.2, 0.25) is 0 Å². The number of rotatable bonds is 4. The molecule has 3 nitrogen and oxygen atoms in total. The van der Waals surface area contributed by atoms with Gasteiger partial charge in [0.2, 0.25) is 0 Å². The summed E-state index contributed by atoms with van der Waals surface area (Å²) in [6, 6.07) is 7.76. The Balaban J connectivity index is 3.07. The number of aliphatic hydroxyl groups is 1. The maximum absolute atomic E-state index is 10.0. The van der Waals surface area contributed by atoms with E-state index in [-0.39, 0.29) is 5.41 Å². The molecule has 0 aromatic heterocycles. The average Bonchev–Trinajstić information content (AvgIpc) is 2.34. The van der Waals surface area contributed by atoms with Crippen LogP contribution in [0.1, 0.15) is 50.8 Å². The van der Waals surface area contributed by atoms with Crippen molar-refractivity contribution in [2.75, 3.05) is 7.11 Å². The van der Waals surface area contributed by atoms with Crippen LogP contribution in [0.15, 0.2) is 18.2 Å². The first-order valence-corrected chi connectivity index (χ1v) is 6.13. The number of benzene rings is 1. The van der Waals surface area contributed by atoms with Crippen LogP contribution in [0, 0.1) is 11.3 Å². The summed E-state index contributed by atoms with van der Waals surface area (Å²) in [5.74, 6) is 0.832. The maximum Gasteiger partial charge on any atom is 0.122 e. The minimum Gasteiger partial charge on any atom is -0.496 e. The Morgan fingerprint density at radius 2 is 2.06 bits per heavy atom. The highest BCUT2D eigenvalue weighted by Crippen LogP contribution is 2.34. The normalized spacial score (nSPS) is 12.9. The highest BCUT2D eigenvalue weighted by atomic mass is 16.5. The number of nitriles is 1. The zero-order valence-corrected chi connectivity index (χ0v) is 11.5. The van der Waals surface area contributed by atoms with Crippen molar-refractivity contribution in [3.63, 3.8) is 0 Å². The molecule has 0 fully saturated rings. The minimum atomic E-state index is -0.586. The van der Waals surface area contributed by atoms with E-state index in [2.05, 4.69) is 26.8 Å². The standard InChI is InChI=1S/C15H21NO2/c1-15(2,3)12-10-11(7-8-14(12)18-4)13(17)6-5-9-16/h7-8,10,13,17H,5-6H2,1-4H3. The molecule has 0 spiro atoms. The lowest BCUT2D eigenvalue weighted by molar-refractivity contribution is 0.169. The van der Waals surface area contributed by atoms with Crippen molar-refractivity contribution in [2.45, 2.75) is 45.1 Å². The lowest BCUT2D eigenvalue weighted by atomic mass is 9.84. The molecule has 1 atom stereocenters. The molecule has 0 aliphatic carbocycles. The SMILES string of the molecule is COc1ccc(C(O)CCC#N)cc1C(C)(C)C. The smallest absolute Gasteiger partial charge is 0.122 e. The van der Waals surface area contributed by atoms with Crippen LogP contribution in [0.3, 0.4) is 0 Å². The van der Waals surface area contributed by atoms with Crippen LogP contribution < -0.4 is 4.74 Å². The van der Waals surface area contributed by atoms with E-state index in [0.717, 1.165) is 16.9 Å². The molecular formula is C15H21NO2. The van der Waals surface area contributed by atoms with Gasteiger partial charge in [0, 0.05) is 6.42 Å². The molecule has 1 unspecified atom stereocenters. The molecule has 1 aromatic carbocycles. The Bertz CT molecular complexity index is 441. The monoisotopic (exact) mass is 247 g/mol. The maximum atomic E-state index is 10.0. The van der Waals surface area contributed by atoms with Gasteiger partial charge in [0.15, 0.2) is 0 Å². The van der Waals surface area contributed by atoms with Crippen LogP contribution in [-0.4, -0.2) is 12.2 Å².